The zero-order valence-electron chi connectivity index (χ0n) is 12.6. The molecule has 1 aliphatic heterocycles. The van der Waals surface area contributed by atoms with Gasteiger partial charge in [0.15, 0.2) is 0 Å². The van der Waals surface area contributed by atoms with E-state index in [0.717, 1.165) is 18.9 Å². The third-order valence-electron chi connectivity index (χ3n) is 3.81. The predicted molar refractivity (Wildman–Crippen MR) is 94.7 cm³/mol. The van der Waals surface area contributed by atoms with Gasteiger partial charge in [0.1, 0.15) is 5.82 Å². The van der Waals surface area contributed by atoms with Crippen LogP contribution in [0.1, 0.15) is 29.6 Å². The lowest BCUT2D eigenvalue weighted by atomic mass is 10.1. The number of aromatic nitrogens is 1. The van der Waals surface area contributed by atoms with Crippen LogP contribution in [0.4, 0.5) is 11.5 Å². The summed E-state index contributed by atoms with van der Waals surface area (Å²) >= 11 is 11.9. The predicted octanol–water partition coefficient (Wildman–Crippen LogP) is 4.63. The molecule has 0 saturated carbocycles. The molecule has 0 bridgehead atoms. The van der Waals surface area contributed by atoms with Crippen molar-refractivity contribution in [2.24, 2.45) is 0 Å². The van der Waals surface area contributed by atoms with Crippen LogP contribution in [0.3, 0.4) is 0 Å². The molecule has 0 atom stereocenters. The van der Waals surface area contributed by atoms with Crippen LogP contribution in [-0.2, 0) is 0 Å². The molecular weight excluding hydrogens is 333 g/mol. The summed E-state index contributed by atoms with van der Waals surface area (Å²) in [4.78, 5) is 19.0. The molecule has 1 N–H and O–H groups in total. The first-order chi connectivity index (χ1) is 11.1. The van der Waals surface area contributed by atoms with Crippen molar-refractivity contribution < 1.29 is 4.79 Å². The Balaban J connectivity index is 1.76. The quantitative estimate of drug-likeness (QED) is 0.878. The Kier molecular flexibility index (Phi) is 5.03. The molecule has 0 spiro atoms. The summed E-state index contributed by atoms with van der Waals surface area (Å²) in [6.07, 6.45) is 5.26. The van der Waals surface area contributed by atoms with Crippen LogP contribution in [0.2, 0.25) is 10.0 Å². The van der Waals surface area contributed by atoms with Gasteiger partial charge < -0.3 is 10.2 Å². The molecule has 2 heterocycles. The summed E-state index contributed by atoms with van der Waals surface area (Å²) in [5.41, 5.74) is 1.14. The number of piperidine rings is 1. The Labute approximate surface area is 145 Å². The number of hydrogen-bond acceptors (Lipinski definition) is 3. The third-order valence-corrected chi connectivity index (χ3v) is 4.24. The zero-order chi connectivity index (χ0) is 16.2. The lowest BCUT2D eigenvalue weighted by Gasteiger charge is -2.27. The minimum atomic E-state index is -0.205. The Hall–Kier alpha value is -1.78. The topological polar surface area (TPSA) is 45.2 Å². The van der Waals surface area contributed by atoms with E-state index < -0.39 is 0 Å². The van der Waals surface area contributed by atoms with Crippen LogP contribution >= 0.6 is 23.2 Å². The number of anilines is 2. The fraction of sp³-hybridized carbons (Fsp3) is 0.294. The van der Waals surface area contributed by atoms with E-state index in [9.17, 15) is 4.79 Å². The van der Waals surface area contributed by atoms with E-state index in [1.165, 1.54) is 19.3 Å². The number of nitrogens with one attached hydrogen (secondary N) is 1. The second-order valence-electron chi connectivity index (χ2n) is 5.56. The molecule has 23 heavy (non-hydrogen) atoms. The van der Waals surface area contributed by atoms with Crippen molar-refractivity contribution >= 4 is 40.6 Å². The van der Waals surface area contributed by atoms with Gasteiger partial charge in [-0.3, -0.25) is 4.79 Å². The van der Waals surface area contributed by atoms with Crippen molar-refractivity contribution in [2.45, 2.75) is 19.3 Å². The van der Waals surface area contributed by atoms with Crippen LogP contribution < -0.4 is 10.2 Å². The van der Waals surface area contributed by atoms with Crippen molar-refractivity contribution in [3.05, 3.63) is 52.1 Å². The van der Waals surface area contributed by atoms with Crippen molar-refractivity contribution in [1.82, 2.24) is 4.98 Å². The molecule has 1 aliphatic rings. The molecule has 0 radical (unpaired) electrons. The summed E-state index contributed by atoms with van der Waals surface area (Å²) < 4.78 is 0. The number of carbonyl (C=O) groups excluding carboxylic acids is 1. The minimum absolute atomic E-state index is 0.205. The summed E-state index contributed by atoms with van der Waals surface area (Å²) in [6.45, 7) is 1.98. The van der Waals surface area contributed by atoms with Crippen molar-refractivity contribution in [3.8, 4) is 0 Å². The van der Waals surface area contributed by atoms with E-state index in [1.54, 1.807) is 30.5 Å². The Bertz CT molecular complexity index is 694. The number of halogens is 2. The van der Waals surface area contributed by atoms with Crippen molar-refractivity contribution in [3.63, 3.8) is 0 Å². The van der Waals surface area contributed by atoms with Crippen LogP contribution in [0.15, 0.2) is 36.5 Å². The maximum absolute atomic E-state index is 12.4. The second kappa shape index (κ2) is 7.20. The molecule has 4 nitrogen and oxygen atoms in total. The number of benzene rings is 1. The smallest absolute Gasteiger partial charge is 0.255 e. The summed E-state index contributed by atoms with van der Waals surface area (Å²) in [6, 6.07) is 8.48. The van der Waals surface area contributed by atoms with Gasteiger partial charge >= 0.3 is 0 Å². The Morgan fingerprint density at radius 2 is 1.74 bits per heavy atom. The molecule has 1 saturated heterocycles. The Morgan fingerprint density at radius 3 is 2.43 bits per heavy atom. The highest BCUT2D eigenvalue weighted by Gasteiger charge is 2.14. The normalized spacial score (nSPS) is 14.6. The van der Waals surface area contributed by atoms with Crippen molar-refractivity contribution in [1.29, 1.82) is 0 Å². The maximum atomic E-state index is 12.4. The standard InChI is InChI=1S/C17H17Cl2N3O/c18-13-9-14(19)11-15(10-13)21-17(23)12-4-5-20-16(8-12)22-6-2-1-3-7-22/h4-5,8-11H,1-3,6-7H2,(H,21,23). The van der Waals surface area contributed by atoms with Crippen LogP contribution in [0.25, 0.3) is 0 Å². The van der Waals surface area contributed by atoms with Gasteiger partial charge in [-0.1, -0.05) is 23.2 Å². The largest absolute Gasteiger partial charge is 0.357 e. The highest BCUT2D eigenvalue weighted by atomic mass is 35.5. The monoisotopic (exact) mass is 349 g/mol. The molecule has 120 valence electrons. The van der Waals surface area contributed by atoms with Gasteiger partial charge in [-0.25, -0.2) is 4.98 Å². The van der Waals surface area contributed by atoms with Crippen LogP contribution in [0, 0.1) is 0 Å². The van der Waals surface area contributed by atoms with Crippen LogP contribution in [0.5, 0.6) is 0 Å². The molecule has 0 unspecified atom stereocenters. The van der Waals surface area contributed by atoms with Crippen molar-refractivity contribution in [2.75, 3.05) is 23.3 Å². The molecule has 0 aliphatic carbocycles. The molecule has 1 aromatic carbocycles. The van der Waals surface area contributed by atoms with Gasteiger partial charge in [0.05, 0.1) is 0 Å². The molecule has 1 fully saturated rings. The average molecular weight is 350 g/mol. The fourth-order valence-electron chi connectivity index (χ4n) is 2.68. The van der Waals surface area contributed by atoms with Crippen LogP contribution in [-0.4, -0.2) is 24.0 Å². The van der Waals surface area contributed by atoms with E-state index in [2.05, 4.69) is 15.2 Å². The van der Waals surface area contributed by atoms with Gasteiger partial charge in [-0.15, -0.1) is 0 Å². The van der Waals surface area contributed by atoms with E-state index in [0.29, 0.717) is 21.3 Å². The SMILES string of the molecule is O=C(Nc1cc(Cl)cc(Cl)c1)c1ccnc(N2CCCCC2)c1. The minimum Gasteiger partial charge on any atom is -0.357 e. The highest BCUT2D eigenvalue weighted by molar-refractivity contribution is 6.35. The first-order valence-corrected chi connectivity index (χ1v) is 8.36. The number of pyridine rings is 1. The van der Waals surface area contributed by atoms with Gasteiger partial charge in [0.25, 0.3) is 5.91 Å². The molecule has 1 amide bonds. The lowest BCUT2D eigenvalue weighted by molar-refractivity contribution is 0.102. The second-order valence-corrected chi connectivity index (χ2v) is 6.44. The molecule has 1 aromatic heterocycles. The summed E-state index contributed by atoms with van der Waals surface area (Å²) in [5.74, 6) is 0.644. The zero-order valence-corrected chi connectivity index (χ0v) is 14.1. The molecule has 6 heteroatoms. The maximum Gasteiger partial charge on any atom is 0.255 e. The Morgan fingerprint density at radius 1 is 1.04 bits per heavy atom. The van der Waals surface area contributed by atoms with Gasteiger partial charge in [0, 0.05) is 40.6 Å². The molecule has 3 rings (SSSR count). The third kappa shape index (κ3) is 4.15. The van der Waals surface area contributed by atoms with E-state index in [1.807, 2.05) is 6.07 Å². The number of amides is 1. The first kappa shape index (κ1) is 16.1. The number of carbonyl (C=O) groups is 1. The van der Waals surface area contributed by atoms with Gasteiger partial charge in [0.2, 0.25) is 0 Å². The van der Waals surface area contributed by atoms with Gasteiger partial charge in [-0.05, 0) is 49.6 Å². The van der Waals surface area contributed by atoms with E-state index >= 15 is 0 Å². The highest BCUT2D eigenvalue weighted by Crippen LogP contribution is 2.23. The van der Waals surface area contributed by atoms with E-state index in [-0.39, 0.29) is 5.91 Å². The lowest BCUT2D eigenvalue weighted by Crippen LogP contribution is -2.30. The summed E-state index contributed by atoms with van der Waals surface area (Å²) in [7, 11) is 0. The average Bonchev–Trinajstić information content (AvgIpc) is 2.55. The first-order valence-electron chi connectivity index (χ1n) is 7.60. The van der Waals surface area contributed by atoms with E-state index in [4.69, 9.17) is 23.2 Å². The van der Waals surface area contributed by atoms with Gasteiger partial charge in [-0.2, -0.15) is 0 Å². The number of rotatable bonds is 3. The molecule has 2 aromatic rings. The fourth-order valence-corrected chi connectivity index (χ4v) is 3.21. The summed E-state index contributed by atoms with van der Waals surface area (Å²) in [5, 5.41) is 3.78. The molecular formula is C17H17Cl2N3O. The number of nitrogens with zero attached hydrogens (tertiary/aromatic N) is 2. The number of hydrogen-bond donors (Lipinski definition) is 1.